The van der Waals surface area contributed by atoms with Gasteiger partial charge in [-0.2, -0.15) is 0 Å². The van der Waals surface area contributed by atoms with Crippen LogP contribution in [0.15, 0.2) is 30.3 Å². The maximum absolute atomic E-state index is 12.4. The fourth-order valence-electron chi connectivity index (χ4n) is 3.10. The van der Waals surface area contributed by atoms with Gasteiger partial charge in [0.05, 0.1) is 0 Å². The fraction of sp³-hybridized carbons (Fsp3) is 0.579. The lowest BCUT2D eigenvalue weighted by Crippen LogP contribution is -2.43. The molecule has 7 heteroatoms. The normalized spacial score (nSPS) is 15.8. The number of carbonyl (C=O) groups is 2. The molecular weight excluding hydrogens is 354 g/mol. The molecule has 1 aromatic rings. The molecule has 2 rings (SSSR count). The van der Waals surface area contributed by atoms with Gasteiger partial charge in [-0.1, -0.05) is 30.3 Å². The van der Waals surface area contributed by atoms with Crippen LogP contribution in [0.25, 0.3) is 0 Å². The molecule has 26 heavy (non-hydrogen) atoms. The van der Waals surface area contributed by atoms with Crippen LogP contribution in [0.3, 0.4) is 0 Å². The first-order valence-corrected chi connectivity index (χ1v) is 8.96. The van der Waals surface area contributed by atoms with E-state index in [0.717, 1.165) is 12.0 Å². The van der Waals surface area contributed by atoms with Gasteiger partial charge in [0.1, 0.15) is 0 Å². The van der Waals surface area contributed by atoms with Gasteiger partial charge in [0.25, 0.3) is 0 Å². The smallest absolute Gasteiger partial charge is 0.224 e. The summed E-state index contributed by atoms with van der Waals surface area (Å²) in [4.78, 5) is 26.4. The zero-order valence-electron chi connectivity index (χ0n) is 15.4. The first-order chi connectivity index (χ1) is 12.1. The van der Waals surface area contributed by atoms with Gasteiger partial charge in [0, 0.05) is 51.7 Å². The minimum absolute atomic E-state index is 0. The van der Waals surface area contributed by atoms with E-state index >= 15 is 0 Å². The minimum atomic E-state index is -0.282. The topological polar surface area (TPSA) is 84.7 Å². The molecule has 1 aromatic carbocycles. The van der Waals surface area contributed by atoms with Crippen molar-refractivity contribution >= 4 is 24.2 Å². The molecule has 1 heterocycles. The molecule has 1 aliphatic rings. The zero-order valence-corrected chi connectivity index (χ0v) is 16.2. The van der Waals surface area contributed by atoms with Gasteiger partial charge in [-0.05, 0) is 24.8 Å². The Balaban J connectivity index is 0.00000338. The van der Waals surface area contributed by atoms with E-state index < -0.39 is 0 Å². The summed E-state index contributed by atoms with van der Waals surface area (Å²) in [6.07, 6.45) is 2.54. The highest BCUT2D eigenvalue weighted by Gasteiger charge is 2.27. The molecule has 3 N–H and O–H groups in total. The predicted molar refractivity (Wildman–Crippen MR) is 104 cm³/mol. The monoisotopic (exact) mass is 383 g/mol. The van der Waals surface area contributed by atoms with Gasteiger partial charge in [0.2, 0.25) is 11.8 Å². The van der Waals surface area contributed by atoms with Crippen LogP contribution in [0.1, 0.15) is 37.3 Å². The van der Waals surface area contributed by atoms with Crippen molar-refractivity contribution in [1.29, 1.82) is 0 Å². The van der Waals surface area contributed by atoms with Crippen molar-refractivity contribution < 1.29 is 14.3 Å². The number of likely N-dealkylation sites (tertiary alicyclic amines) is 1. The predicted octanol–water partition coefficient (Wildman–Crippen LogP) is 1.89. The van der Waals surface area contributed by atoms with Crippen molar-refractivity contribution in [2.75, 3.05) is 33.4 Å². The lowest BCUT2D eigenvalue weighted by molar-refractivity contribution is -0.136. The SMILES string of the molecule is COCCCNC(=O)C1CCN(C(=O)CC(N)c2ccccc2)CC1.Cl. The van der Waals surface area contributed by atoms with Gasteiger partial charge < -0.3 is 20.7 Å². The molecule has 146 valence electrons. The van der Waals surface area contributed by atoms with E-state index in [4.69, 9.17) is 10.5 Å². The summed E-state index contributed by atoms with van der Waals surface area (Å²) >= 11 is 0. The Labute approximate surface area is 161 Å². The Morgan fingerprint density at radius 2 is 1.92 bits per heavy atom. The molecule has 6 nitrogen and oxygen atoms in total. The molecule has 0 saturated carbocycles. The highest BCUT2D eigenvalue weighted by atomic mass is 35.5. The van der Waals surface area contributed by atoms with Crippen LogP contribution in [-0.4, -0.2) is 50.1 Å². The third-order valence-electron chi connectivity index (χ3n) is 4.67. The molecule has 1 unspecified atom stereocenters. The number of piperidine rings is 1. The van der Waals surface area contributed by atoms with Crippen LogP contribution >= 0.6 is 12.4 Å². The molecule has 1 saturated heterocycles. The second kappa shape index (κ2) is 11.9. The summed E-state index contributed by atoms with van der Waals surface area (Å²) in [5, 5.41) is 2.94. The Morgan fingerprint density at radius 3 is 2.54 bits per heavy atom. The summed E-state index contributed by atoms with van der Waals surface area (Å²) in [5.41, 5.74) is 7.11. The summed E-state index contributed by atoms with van der Waals surface area (Å²) in [6.45, 7) is 2.53. The summed E-state index contributed by atoms with van der Waals surface area (Å²) in [5.74, 6) is 0.147. The first-order valence-electron chi connectivity index (χ1n) is 8.96. The number of rotatable bonds is 8. The van der Waals surface area contributed by atoms with E-state index in [1.165, 1.54) is 0 Å². The molecule has 1 atom stereocenters. The van der Waals surface area contributed by atoms with Crippen LogP contribution in [0, 0.1) is 5.92 Å². The second-order valence-electron chi connectivity index (χ2n) is 6.51. The van der Waals surface area contributed by atoms with Gasteiger partial charge in [-0.15, -0.1) is 12.4 Å². The van der Waals surface area contributed by atoms with Gasteiger partial charge in [-0.3, -0.25) is 9.59 Å². The van der Waals surface area contributed by atoms with Crippen LogP contribution in [0.2, 0.25) is 0 Å². The average molecular weight is 384 g/mol. The number of nitrogens with zero attached hydrogens (tertiary/aromatic N) is 1. The standard InChI is InChI=1S/C19H29N3O3.ClH/c1-25-13-5-10-21-19(24)16-8-11-22(12-9-16)18(23)14-17(20)15-6-3-2-4-7-15;/h2-4,6-7,16-17H,5,8-14,20H2,1H3,(H,21,24);1H. The van der Waals surface area contributed by atoms with Crippen molar-refractivity contribution in [3.63, 3.8) is 0 Å². The molecule has 0 radical (unpaired) electrons. The number of carbonyl (C=O) groups excluding carboxylic acids is 2. The third kappa shape index (κ3) is 6.94. The van der Waals surface area contributed by atoms with Gasteiger partial charge >= 0.3 is 0 Å². The first kappa shape index (κ1) is 22.4. The van der Waals surface area contributed by atoms with Crippen molar-refractivity contribution in [3.8, 4) is 0 Å². The molecule has 0 aromatic heterocycles. The number of nitrogens with one attached hydrogen (secondary N) is 1. The molecule has 1 fully saturated rings. The van der Waals surface area contributed by atoms with Gasteiger partial charge in [0.15, 0.2) is 0 Å². The Hall–Kier alpha value is -1.63. The third-order valence-corrected chi connectivity index (χ3v) is 4.67. The van der Waals surface area contributed by atoms with Crippen molar-refractivity contribution in [3.05, 3.63) is 35.9 Å². The molecule has 0 aliphatic carbocycles. The molecular formula is C19H30ClN3O3. The number of ether oxygens (including phenoxy) is 1. The van der Waals surface area contributed by atoms with E-state index in [-0.39, 0.29) is 36.2 Å². The number of hydrogen-bond donors (Lipinski definition) is 2. The number of benzene rings is 1. The Morgan fingerprint density at radius 1 is 1.27 bits per heavy atom. The molecule has 2 amide bonds. The average Bonchev–Trinajstić information content (AvgIpc) is 2.66. The molecule has 1 aliphatic heterocycles. The number of nitrogens with two attached hydrogens (primary N) is 1. The van der Waals surface area contributed by atoms with E-state index in [9.17, 15) is 9.59 Å². The highest BCUT2D eigenvalue weighted by Crippen LogP contribution is 2.20. The quantitative estimate of drug-likeness (QED) is 0.671. The van der Waals surface area contributed by atoms with Crippen molar-refractivity contribution in [2.45, 2.75) is 31.7 Å². The van der Waals surface area contributed by atoms with Crippen LogP contribution in [0.4, 0.5) is 0 Å². The maximum Gasteiger partial charge on any atom is 0.224 e. The number of hydrogen-bond acceptors (Lipinski definition) is 4. The largest absolute Gasteiger partial charge is 0.385 e. The van der Waals surface area contributed by atoms with E-state index in [1.54, 1.807) is 7.11 Å². The van der Waals surface area contributed by atoms with Crippen LogP contribution < -0.4 is 11.1 Å². The van der Waals surface area contributed by atoms with E-state index in [2.05, 4.69) is 5.32 Å². The van der Waals surface area contributed by atoms with E-state index in [1.807, 2.05) is 35.2 Å². The number of methoxy groups -OCH3 is 1. The summed E-state index contributed by atoms with van der Waals surface area (Å²) in [6, 6.07) is 9.39. The maximum atomic E-state index is 12.4. The lowest BCUT2D eigenvalue weighted by Gasteiger charge is -2.32. The molecule has 0 spiro atoms. The fourth-order valence-corrected chi connectivity index (χ4v) is 3.10. The number of amides is 2. The summed E-state index contributed by atoms with van der Waals surface area (Å²) < 4.78 is 4.97. The van der Waals surface area contributed by atoms with Crippen LogP contribution in [0.5, 0.6) is 0 Å². The van der Waals surface area contributed by atoms with E-state index in [0.29, 0.717) is 45.5 Å². The summed E-state index contributed by atoms with van der Waals surface area (Å²) in [7, 11) is 1.65. The van der Waals surface area contributed by atoms with Gasteiger partial charge in [-0.25, -0.2) is 0 Å². The number of halogens is 1. The zero-order chi connectivity index (χ0) is 18.1. The van der Waals surface area contributed by atoms with Crippen molar-refractivity contribution in [1.82, 2.24) is 10.2 Å². The lowest BCUT2D eigenvalue weighted by atomic mass is 9.95. The van der Waals surface area contributed by atoms with Crippen LogP contribution in [-0.2, 0) is 14.3 Å². The Bertz CT molecular complexity index is 548. The minimum Gasteiger partial charge on any atom is -0.385 e. The highest BCUT2D eigenvalue weighted by molar-refractivity contribution is 5.85. The van der Waals surface area contributed by atoms with Crippen molar-refractivity contribution in [2.24, 2.45) is 11.7 Å². The molecule has 0 bridgehead atoms. The Kier molecular flexibility index (Phi) is 10.2. The second-order valence-corrected chi connectivity index (χ2v) is 6.51.